The summed E-state index contributed by atoms with van der Waals surface area (Å²) in [4.78, 5) is -0.0809. The van der Waals surface area contributed by atoms with E-state index >= 15 is 0 Å². The summed E-state index contributed by atoms with van der Waals surface area (Å²) in [5.41, 5.74) is 0.0368. The van der Waals surface area contributed by atoms with E-state index in [2.05, 4.69) is 20.7 Å². The molecule has 5 nitrogen and oxygen atoms in total. The van der Waals surface area contributed by atoms with Crippen molar-refractivity contribution in [3.63, 3.8) is 0 Å². The highest BCUT2D eigenvalue weighted by molar-refractivity contribution is 9.10. The van der Waals surface area contributed by atoms with Crippen molar-refractivity contribution in [3.05, 3.63) is 45.9 Å². The molecule has 0 spiro atoms. The van der Waals surface area contributed by atoms with E-state index in [1.165, 1.54) is 37.4 Å². The minimum absolute atomic E-state index is 0.0368. The van der Waals surface area contributed by atoms with Crippen molar-refractivity contribution >= 4 is 43.2 Å². The Morgan fingerprint density at radius 1 is 1.24 bits per heavy atom. The Kier molecular flexibility index (Phi) is 4.65. The molecule has 0 radical (unpaired) electrons. The zero-order valence-electron chi connectivity index (χ0n) is 10.8. The summed E-state index contributed by atoms with van der Waals surface area (Å²) < 4.78 is 32.5. The number of sulfonamides is 1. The van der Waals surface area contributed by atoms with E-state index in [-0.39, 0.29) is 21.4 Å². The predicted octanol–water partition coefficient (Wildman–Crippen LogP) is 3.62. The van der Waals surface area contributed by atoms with Crippen LogP contribution in [0.5, 0.6) is 11.5 Å². The monoisotopic (exact) mass is 391 g/mol. The number of rotatable bonds is 4. The lowest BCUT2D eigenvalue weighted by Gasteiger charge is -2.11. The van der Waals surface area contributed by atoms with Crippen molar-refractivity contribution in [2.24, 2.45) is 0 Å². The van der Waals surface area contributed by atoms with Gasteiger partial charge < -0.3 is 9.84 Å². The molecule has 0 aromatic heterocycles. The molecule has 0 amide bonds. The number of phenols is 1. The number of aromatic hydroxyl groups is 1. The maximum Gasteiger partial charge on any atom is 0.263 e. The zero-order chi connectivity index (χ0) is 15.6. The Morgan fingerprint density at radius 3 is 2.52 bits per heavy atom. The average molecular weight is 393 g/mol. The molecule has 2 rings (SSSR count). The molecular formula is C13H11BrClNO4S. The lowest BCUT2D eigenvalue weighted by Crippen LogP contribution is -2.13. The van der Waals surface area contributed by atoms with E-state index in [1.807, 2.05) is 0 Å². The molecule has 0 heterocycles. The second-order valence-corrected chi connectivity index (χ2v) is 7.04. The van der Waals surface area contributed by atoms with Crippen LogP contribution in [-0.2, 0) is 10.0 Å². The van der Waals surface area contributed by atoms with Crippen LogP contribution in [0.25, 0.3) is 0 Å². The highest BCUT2D eigenvalue weighted by Crippen LogP contribution is 2.32. The molecule has 21 heavy (non-hydrogen) atoms. The van der Waals surface area contributed by atoms with E-state index in [1.54, 1.807) is 6.07 Å². The fourth-order valence-corrected chi connectivity index (χ4v) is 3.73. The quantitative estimate of drug-likeness (QED) is 0.779. The number of hydrogen-bond donors (Lipinski definition) is 2. The summed E-state index contributed by atoms with van der Waals surface area (Å²) in [6.07, 6.45) is 0. The van der Waals surface area contributed by atoms with Gasteiger partial charge in [-0.3, -0.25) is 4.72 Å². The van der Waals surface area contributed by atoms with Crippen molar-refractivity contribution in [2.45, 2.75) is 4.90 Å². The van der Waals surface area contributed by atoms with Crippen molar-refractivity contribution in [3.8, 4) is 11.5 Å². The van der Waals surface area contributed by atoms with Gasteiger partial charge in [0.1, 0.15) is 16.4 Å². The SMILES string of the molecule is COc1ccc(NS(=O)(=O)c2ccc(Br)cc2Cl)c(O)c1. The third-order valence-corrected chi connectivity index (χ3v) is 4.97. The molecule has 112 valence electrons. The third-order valence-electron chi connectivity index (χ3n) is 2.63. The van der Waals surface area contributed by atoms with Gasteiger partial charge in [-0.1, -0.05) is 27.5 Å². The molecule has 0 aliphatic carbocycles. The Hall–Kier alpha value is -1.44. The van der Waals surface area contributed by atoms with Gasteiger partial charge in [-0.05, 0) is 30.3 Å². The summed E-state index contributed by atoms with van der Waals surface area (Å²) >= 11 is 9.14. The van der Waals surface area contributed by atoms with Crippen LogP contribution in [0.15, 0.2) is 45.8 Å². The largest absolute Gasteiger partial charge is 0.506 e. The molecule has 8 heteroatoms. The number of anilines is 1. The van der Waals surface area contributed by atoms with E-state index in [0.717, 1.165) is 0 Å². The summed E-state index contributed by atoms with van der Waals surface area (Å²) in [6, 6.07) is 8.65. The Bertz CT molecular complexity index is 780. The fourth-order valence-electron chi connectivity index (χ4n) is 1.62. The molecule has 0 aliphatic heterocycles. The lowest BCUT2D eigenvalue weighted by atomic mass is 10.3. The third kappa shape index (κ3) is 3.61. The summed E-state index contributed by atoms with van der Waals surface area (Å²) in [5, 5.41) is 9.87. The Balaban J connectivity index is 2.37. The number of halogens is 2. The zero-order valence-corrected chi connectivity index (χ0v) is 14.0. The molecule has 0 bridgehead atoms. The summed E-state index contributed by atoms with van der Waals surface area (Å²) in [5.74, 6) is 0.170. The van der Waals surface area contributed by atoms with E-state index in [4.69, 9.17) is 16.3 Å². The van der Waals surface area contributed by atoms with Gasteiger partial charge in [0, 0.05) is 10.5 Å². The standard InChI is InChI=1S/C13H11BrClNO4S/c1-20-9-3-4-11(12(17)7-9)16-21(18,19)13-5-2-8(14)6-10(13)15/h2-7,16-17H,1H3. The molecule has 2 aromatic rings. The second-order valence-electron chi connectivity index (χ2n) is 4.06. The van der Waals surface area contributed by atoms with Crippen molar-refractivity contribution < 1.29 is 18.3 Å². The van der Waals surface area contributed by atoms with Gasteiger partial charge in [-0.15, -0.1) is 0 Å². The highest BCUT2D eigenvalue weighted by Gasteiger charge is 2.19. The van der Waals surface area contributed by atoms with Crippen LogP contribution in [0, 0.1) is 0 Å². The number of ether oxygens (including phenoxy) is 1. The van der Waals surface area contributed by atoms with E-state index in [9.17, 15) is 13.5 Å². The highest BCUT2D eigenvalue weighted by atomic mass is 79.9. The number of benzene rings is 2. The molecule has 2 N–H and O–H groups in total. The molecule has 2 aromatic carbocycles. The van der Waals surface area contributed by atoms with Gasteiger partial charge in [0.25, 0.3) is 10.0 Å². The molecule has 0 fully saturated rings. The average Bonchev–Trinajstić information content (AvgIpc) is 2.40. The van der Waals surface area contributed by atoms with Crippen LogP contribution in [0.1, 0.15) is 0 Å². The molecule has 0 saturated carbocycles. The molecule has 0 unspecified atom stereocenters. The van der Waals surface area contributed by atoms with Crippen LogP contribution >= 0.6 is 27.5 Å². The van der Waals surface area contributed by atoms with Crippen molar-refractivity contribution in [2.75, 3.05) is 11.8 Å². The van der Waals surface area contributed by atoms with Crippen LogP contribution in [0.2, 0.25) is 5.02 Å². The van der Waals surface area contributed by atoms with Gasteiger partial charge in [0.15, 0.2) is 0 Å². The van der Waals surface area contributed by atoms with Crippen molar-refractivity contribution in [1.29, 1.82) is 0 Å². The first-order chi connectivity index (χ1) is 9.83. The smallest absolute Gasteiger partial charge is 0.263 e. The van der Waals surface area contributed by atoms with E-state index in [0.29, 0.717) is 10.2 Å². The minimum Gasteiger partial charge on any atom is -0.506 e. The molecular weight excluding hydrogens is 382 g/mol. The first-order valence-corrected chi connectivity index (χ1v) is 8.34. The van der Waals surface area contributed by atoms with Gasteiger partial charge in [-0.2, -0.15) is 0 Å². The summed E-state index contributed by atoms with van der Waals surface area (Å²) in [6.45, 7) is 0. The number of nitrogens with one attached hydrogen (secondary N) is 1. The normalized spacial score (nSPS) is 11.2. The first-order valence-electron chi connectivity index (χ1n) is 5.68. The van der Waals surface area contributed by atoms with Crippen LogP contribution in [0.4, 0.5) is 5.69 Å². The van der Waals surface area contributed by atoms with E-state index < -0.39 is 10.0 Å². The van der Waals surface area contributed by atoms with Gasteiger partial charge in [0.2, 0.25) is 0 Å². The maximum absolute atomic E-state index is 12.3. The van der Waals surface area contributed by atoms with Crippen molar-refractivity contribution in [1.82, 2.24) is 0 Å². The Labute approximate surface area is 135 Å². The Morgan fingerprint density at radius 2 is 1.95 bits per heavy atom. The van der Waals surface area contributed by atoms with Crippen LogP contribution < -0.4 is 9.46 Å². The molecule has 0 saturated heterocycles. The van der Waals surface area contributed by atoms with Crippen LogP contribution in [0.3, 0.4) is 0 Å². The number of hydrogen-bond acceptors (Lipinski definition) is 4. The predicted molar refractivity (Wildman–Crippen MR) is 84.6 cm³/mol. The number of methoxy groups -OCH3 is 1. The molecule has 0 aliphatic rings. The van der Waals surface area contributed by atoms with Crippen LogP contribution in [-0.4, -0.2) is 20.6 Å². The topological polar surface area (TPSA) is 75.6 Å². The maximum atomic E-state index is 12.3. The second kappa shape index (κ2) is 6.13. The van der Waals surface area contributed by atoms with Gasteiger partial charge in [-0.25, -0.2) is 8.42 Å². The minimum atomic E-state index is -3.91. The first kappa shape index (κ1) is 15.9. The lowest BCUT2D eigenvalue weighted by molar-refractivity contribution is 0.408. The molecule has 0 atom stereocenters. The van der Waals surface area contributed by atoms with Gasteiger partial charge >= 0.3 is 0 Å². The summed E-state index contributed by atoms with van der Waals surface area (Å²) in [7, 11) is -2.46. The number of phenolic OH excluding ortho intramolecular Hbond substituents is 1. The van der Waals surface area contributed by atoms with Gasteiger partial charge in [0.05, 0.1) is 17.8 Å². The fraction of sp³-hybridized carbons (Fsp3) is 0.0769.